The molecule has 1 saturated heterocycles. The summed E-state index contributed by atoms with van der Waals surface area (Å²) in [4.78, 5) is 97.8. The maximum absolute atomic E-state index is 14.8. The summed E-state index contributed by atoms with van der Waals surface area (Å²) in [6.45, 7) is 9.60. The van der Waals surface area contributed by atoms with E-state index in [1.54, 1.807) is 29.2 Å². The second-order valence-corrected chi connectivity index (χ2v) is 16.1. The average Bonchev–Trinajstić information content (AvgIpc) is 3.83. The Morgan fingerprint density at radius 3 is 2.22 bits per heavy atom. The molecule has 0 radical (unpaired) electrons. The molecular weight excluding hydrogens is 688 g/mol. The van der Waals surface area contributed by atoms with Gasteiger partial charge in [0.2, 0.25) is 17.6 Å². The minimum absolute atomic E-state index is 0.0550. The lowest BCUT2D eigenvalue weighted by molar-refractivity contribution is -0.144. The number of rotatable bonds is 14. The molecule has 1 aromatic carbocycles. The van der Waals surface area contributed by atoms with Crippen LogP contribution < -0.4 is 21.3 Å². The van der Waals surface area contributed by atoms with Gasteiger partial charge in [-0.1, -0.05) is 64.7 Å². The number of hydrogen-bond donors (Lipinski definition) is 4. The highest BCUT2D eigenvalue weighted by Crippen LogP contribution is 2.43. The number of urea groups is 1. The van der Waals surface area contributed by atoms with E-state index in [1.807, 2.05) is 20.8 Å². The van der Waals surface area contributed by atoms with Crippen molar-refractivity contribution in [2.45, 2.75) is 109 Å². The summed E-state index contributed by atoms with van der Waals surface area (Å²) in [5.41, 5.74) is 0.0567. The summed E-state index contributed by atoms with van der Waals surface area (Å²) < 4.78 is 0. The van der Waals surface area contributed by atoms with E-state index in [-0.39, 0.29) is 49.6 Å². The minimum atomic E-state index is -1.18. The second-order valence-electron chi connectivity index (χ2n) is 16.1. The molecule has 4 aliphatic rings. The van der Waals surface area contributed by atoms with Crippen molar-refractivity contribution < 1.29 is 33.6 Å². The first-order valence-corrected chi connectivity index (χ1v) is 19.3. The standard InChI is InChI=1S/C41H54N6O7/c1-6-8-21-30(34(48)36(50)42-22-7-2)43-35(49)33-27-20-14-17-26(27)23-46(33)39(53)32(25-15-10-9-11-16-25)45-40(54)44-31(41(3,4)5)24-47-37(51)28-18-12-13-19-29(28)38(47)52/h1,7,12-13,18-19,25-27,30-33H,2,8-11,14-17,20-24H2,3-5H3,(H,42,50)(H,43,49)(H2,44,45,54)/t26-,27-,30?,31+,32-,33-/m0/s1. The van der Waals surface area contributed by atoms with Crippen LogP contribution in [0, 0.1) is 35.5 Å². The van der Waals surface area contributed by atoms with Crippen LogP contribution in [0.1, 0.15) is 106 Å². The van der Waals surface area contributed by atoms with Crippen molar-refractivity contribution in [1.29, 1.82) is 0 Å². The zero-order valence-electron chi connectivity index (χ0n) is 31.7. The number of likely N-dealkylation sites (tertiary alicyclic amines) is 1. The van der Waals surface area contributed by atoms with E-state index in [9.17, 15) is 33.6 Å². The minimum Gasteiger partial charge on any atom is -0.346 e. The Bertz CT molecular complexity index is 1650. The van der Waals surface area contributed by atoms with Gasteiger partial charge >= 0.3 is 6.03 Å². The predicted molar refractivity (Wildman–Crippen MR) is 202 cm³/mol. The first-order valence-electron chi connectivity index (χ1n) is 19.3. The average molecular weight is 743 g/mol. The molecule has 3 fully saturated rings. The molecule has 54 heavy (non-hydrogen) atoms. The summed E-state index contributed by atoms with van der Waals surface area (Å²) >= 11 is 0. The summed E-state index contributed by atoms with van der Waals surface area (Å²) in [6.07, 6.45) is 13.8. The fourth-order valence-electron chi connectivity index (χ4n) is 8.52. The van der Waals surface area contributed by atoms with Gasteiger partial charge in [0, 0.05) is 19.5 Å². The van der Waals surface area contributed by atoms with Crippen molar-refractivity contribution in [1.82, 2.24) is 31.1 Å². The Morgan fingerprint density at radius 2 is 1.61 bits per heavy atom. The molecule has 0 spiro atoms. The van der Waals surface area contributed by atoms with Gasteiger partial charge in [0.1, 0.15) is 12.1 Å². The number of hydrogen-bond acceptors (Lipinski definition) is 7. The molecule has 0 aromatic heterocycles. The van der Waals surface area contributed by atoms with Crippen molar-refractivity contribution in [2.75, 3.05) is 19.6 Å². The third-order valence-electron chi connectivity index (χ3n) is 11.6. The lowest BCUT2D eigenvalue weighted by Gasteiger charge is -2.37. The summed E-state index contributed by atoms with van der Waals surface area (Å²) in [7, 11) is 0. The molecule has 1 aromatic rings. The molecule has 6 atom stereocenters. The molecule has 2 saturated carbocycles. The van der Waals surface area contributed by atoms with Crippen molar-refractivity contribution >= 4 is 41.4 Å². The van der Waals surface area contributed by atoms with E-state index in [1.165, 1.54) is 6.08 Å². The van der Waals surface area contributed by atoms with E-state index in [2.05, 4.69) is 33.8 Å². The first-order chi connectivity index (χ1) is 25.8. The number of imide groups is 1. The fraction of sp³-hybridized carbons (Fsp3) is 0.585. The van der Waals surface area contributed by atoms with Crippen molar-refractivity contribution in [2.24, 2.45) is 23.2 Å². The van der Waals surface area contributed by atoms with Crippen LogP contribution in [-0.2, 0) is 19.2 Å². The number of amides is 7. The number of carbonyl (C=O) groups is 7. The molecule has 2 heterocycles. The van der Waals surface area contributed by atoms with Gasteiger partial charge in [-0.25, -0.2) is 4.79 Å². The Morgan fingerprint density at radius 1 is 0.944 bits per heavy atom. The Balaban J connectivity index is 1.36. The van der Waals surface area contributed by atoms with Gasteiger partial charge in [-0.2, -0.15) is 0 Å². The quantitative estimate of drug-likeness (QED) is 0.0980. The molecule has 13 heteroatoms. The Kier molecular flexibility index (Phi) is 13.0. The number of fused-ring (bicyclic) bond motifs is 2. The smallest absolute Gasteiger partial charge is 0.315 e. The lowest BCUT2D eigenvalue weighted by atomic mass is 9.83. The zero-order chi connectivity index (χ0) is 39.2. The number of carbonyl (C=O) groups excluding carboxylic acids is 7. The van der Waals surface area contributed by atoms with E-state index in [0.717, 1.165) is 43.4 Å². The van der Waals surface area contributed by atoms with Gasteiger partial charge in [0.05, 0.1) is 29.8 Å². The number of terminal acetylenes is 1. The van der Waals surface area contributed by atoms with Crippen LogP contribution in [0.3, 0.4) is 0 Å². The SMILES string of the molecule is C#CCCC(NC(=O)[C@@H]1[C@H]2CCC[C@H]2CN1C(=O)[C@@H](NC(=O)N[C@H](CN1C(=O)c2ccccc2C1=O)C(C)(C)C)C1CCCCC1)C(=O)C(=O)NCC=C. The van der Waals surface area contributed by atoms with Crippen molar-refractivity contribution in [3.8, 4) is 12.3 Å². The van der Waals surface area contributed by atoms with Crippen LogP contribution in [0.5, 0.6) is 0 Å². The van der Waals surface area contributed by atoms with E-state index in [4.69, 9.17) is 6.42 Å². The summed E-state index contributed by atoms with van der Waals surface area (Å²) in [6, 6.07) is 2.34. The van der Waals surface area contributed by atoms with E-state index >= 15 is 0 Å². The van der Waals surface area contributed by atoms with Gasteiger partial charge in [0.25, 0.3) is 17.7 Å². The number of ketones is 1. The first kappa shape index (κ1) is 40.2. The van der Waals surface area contributed by atoms with Crippen LogP contribution in [0.4, 0.5) is 4.79 Å². The molecule has 290 valence electrons. The van der Waals surface area contributed by atoms with Crippen LogP contribution in [-0.4, -0.2) is 95.0 Å². The van der Waals surface area contributed by atoms with Gasteiger partial charge in [-0.05, 0) is 67.4 Å². The van der Waals surface area contributed by atoms with Crippen LogP contribution in [0.25, 0.3) is 0 Å². The normalized spacial score (nSPS) is 22.7. The monoisotopic (exact) mass is 742 g/mol. The topological polar surface area (TPSA) is 174 Å². The Hall–Kier alpha value is -4.99. The maximum atomic E-state index is 14.8. The van der Waals surface area contributed by atoms with Crippen LogP contribution in [0.2, 0.25) is 0 Å². The molecule has 1 unspecified atom stereocenters. The highest BCUT2D eigenvalue weighted by Gasteiger charge is 2.52. The Labute approximate surface area is 317 Å². The molecule has 13 nitrogen and oxygen atoms in total. The second kappa shape index (κ2) is 17.4. The lowest BCUT2D eigenvalue weighted by Crippen LogP contribution is -2.61. The van der Waals surface area contributed by atoms with Crippen molar-refractivity contribution in [3.05, 3.63) is 48.0 Å². The van der Waals surface area contributed by atoms with Crippen LogP contribution >= 0.6 is 0 Å². The molecule has 0 bridgehead atoms. The van der Waals surface area contributed by atoms with E-state index < -0.39 is 65.0 Å². The summed E-state index contributed by atoms with van der Waals surface area (Å²) in [5.74, 6) is -1.20. The number of nitrogens with one attached hydrogen (secondary N) is 4. The molecular formula is C41H54N6O7. The molecule has 5 rings (SSSR count). The third kappa shape index (κ3) is 8.86. The summed E-state index contributed by atoms with van der Waals surface area (Å²) in [5, 5.41) is 11.2. The molecule has 4 N–H and O–H groups in total. The largest absolute Gasteiger partial charge is 0.346 e. The van der Waals surface area contributed by atoms with Gasteiger partial charge in [0.15, 0.2) is 0 Å². The molecule has 7 amide bonds. The highest BCUT2D eigenvalue weighted by atomic mass is 16.2. The highest BCUT2D eigenvalue weighted by molar-refractivity contribution is 6.38. The van der Waals surface area contributed by atoms with Crippen molar-refractivity contribution in [3.63, 3.8) is 0 Å². The van der Waals surface area contributed by atoms with E-state index in [0.29, 0.717) is 30.5 Å². The van der Waals surface area contributed by atoms with Gasteiger partial charge < -0.3 is 26.2 Å². The maximum Gasteiger partial charge on any atom is 0.315 e. The van der Waals surface area contributed by atoms with Crippen LogP contribution in [0.15, 0.2) is 36.9 Å². The molecule has 2 aliphatic heterocycles. The van der Waals surface area contributed by atoms with Gasteiger partial charge in [-0.3, -0.25) is 33.7 Å². The van der Waals surface area contributed by atoms with Gasteiger partial charge in [-0.15, -0.1) is 18.9 Å². The predicted octanol–water partition coefficient (Wildman–Crippen LogP) is 3.34. The number of benzene rings is 1. The number of Topliss-reactive ketones (excluding diaryl/α,β-unsaturated/α-hetero) is 1. The molecule has 2 aliphatic carbocycles. The zero-order valence-corrected chi connectivity index (χ0v) is 31.7. The third-order valence-corrected chi connectivity index (χ3v) is 11.6. The fourth-order valence-corrected chi connectivity index (χ4v) is 8.52. The number of nitrogens with zero attached hydrogens (tertiary/aromatic N) is 2.